The van der Waals surface area contributed by atoms with Crippen LogP contribution in [-0.4, -0.2) is 17.4 Å². The molecule has 2 aromatic rings. The first-order valence-electron chi connectivity index (χ1n) is 6.10. The molecule has 0 fully saturated rings. The lowest BCUT2D eigenvalue weighted by Gasteiger charge is -2.25. The van der Waals surface area contributed by atoms with Crippen molar-refractivity contribution in [2.75, 3.05) is 6.61 Å². The van der Waals surface area contributed by atoms with Gasteiger partial charge in [-0.1, -0.05) is 24.3 Å². The summed E-state index contributed by atoms with van der Waals surface area (Å²) >= 11 is 0. The molecule has 0 saturated heterocycles. The Morgan fingerprint density at radius 2 is 2.16 bits per heavy atom. The van der Waals surface area contributed by atoms with Crippen LogP contribution in [0.2, 0.25) is 0 Å². The van der Waals surface area contributed by atoms with E-state index in [1.807, 2.05) is 24.3 Å². The minimum atomic E-state index is -0.721. The minimum Gasteiger partial charge on any atom is -0.365 e. The van der Waals surface area contributed by atoms with Gasteiger partial charge in [0.05, 0.1) is 18.4 Å². The molecule has 0 radical (unpaired) electrons. The van der Waals surface area contributed by atoms with Gasteiger partial charge in [-0.3, -0.25) is 9.78 Å². The van der Waals surface area contributed by atoms with Crippen molar-refractivity contribution in [3.05, 3.63) is 65.2 Å². The molecule has 2 heterocycles. The third-order valence-electron chi connectivity index (χ3n) is 3.27. The second kappa shape index (κ2) is 4.90. The van der Waals surface area contributed by atoms with Crippen molar-refractivity contribution >= 4 is 5.78 Å². The fraction of sp³-hybridized carbons (Fsp3) is 0.200. The summed E-state index contributed by atoms with van der Waals surface area (Å²) in [5.74, 6) is -0.966. The van der Waals surface area contributed by atoms with Gasteiger partial charge in [-0.2, -0.15) is 0 Å². The summed E-state index contributed by atoms with van der Waals surface area (Å²) in [6.07, 6.45) is 2.51. The lowest BCUT2D eigenvalue weighted by atomic mass is 9.93. The zero-order valence-corrected chi connectivity index (χ0v) is 10.2. The molecule has 0 spiro atoms. The third kappa shape index (κ3) is 2.15. The maximum absolute atomic E-state index is 13.6. The minimum absolute atomic E-state index is 0.0247. The molecule has 1 aliphatic heterocycles. The van der Waals surface area contributed by atoms with E-state index in [9.17, 15) is 9.18 Å². The molecule has 0 aliphatic carbocycles. The summed E-state index contributed by atoms with van der Waals surface area (Å²) < 4.78 is 19.2. The summed E-state index contributed by atoms with van der Waals surface area (Å²) in [5.41, 5.74) is 1.94. The first-order chi connectivity index (χ1) is 9.27. The molecule has 1 aliphatic rings. The number of hydrogen-bond acceptors (Lipinski definition) is 3. The summed E-state index contributed by atoms with van der Waals surface area (Å²) in [6.45, 7) is 0.472. The van der Waals surface area contributed by atoms with Gasteiger partial charge in [0.15, 0.2) is 11.6 Å². The standard InChI is InChI=1S/C15H12FNO2/c16-13-9-17-7-5-12(13)14(18)15-11-4-2-1-3-10(11)6-8-19-15/h1-5,7,9,15H,6,8H2. The normalized spacial score (nSPS) is 17.8. The van der Waals surface area contributed by atoms with E-state index >= 15 is 0 Å². The zero-order chi connectivity index (χ0) is 13.2. The van der Waals surface area contributed by atoms with E-state index in [0.29, 0.717) is 6.61 Å². The van der Waals surface area contributed by atoms with Crippen molar-refractivity contribution in [3.8, 4) is 0 Å². The number of fused-ring (bicyclic) bond motifs is 1. The van der Waals surface area contributed by atoms with E-state index in [1.165, 1.54) is 12.3 Å². The number of nitrogens with zero attached hydrogens (tertiary/aromatic N) is 1. The average Bonchev–Trinajstić information content (AvgIpc) is 2.46. The zero-order valence-electron chi connectivity index (χ0n) is 10.2. The van der Waals surface area contributed by atoms with E-state index in [0.717, 1.165) is 23.7 Å². The van der Waals surface area contributed by atoms with Crippen molar-refractivity contribution in [1.82, 2.24) is 4.98 Å². The van der Waals surface area contributed by atoms with Crippen LogP contribution in [0.3, 0.4) is 0 Å². The number of rotatable bonds is 2. The molecule has 0 saturated carbocycles. The summed E-state index contributed by atoms with van der Waals surface area (Å²) in [7, 11) is 0. The van der Waals surface area contributed by atoms with E-state index in [1.54, 1.807) is 0 Å². The lowest BCUT2D eigenvalue weighted by Crippen LogP contribution is -2.24. The molecule has 1 unspecified atom stereocenters. The van der Waals surface area contributed by atoms with E-state index in [-0.39, 0.29) is 11.3 Å². The first kappa shape index (κ1) is 12.0. The lowest BCUT2D eigenvalue weighted by molar-refractivity contribution is 0.0345. The number of aromatic nitrogens is 1. The van der Waals surface area contributed by atoms with Gasteiger partial charge in [0.2, 0.25) is 0 Å². The van der Waals surface area contributed by atoms with Gasteiger partial charge in [-0.05, 0) is 23.6 Å². The van der Waals surface area contributed by atoms with Crippen LogP contribution in [0.1, 0.15) is 27.6 Å². The molecule has 4 heteroatoms. The summed E-state index contributed by atoms with van der Waals surface area (Å²) in [5, 5.41) is 0. The van der Waals surface area contributed by atoms with Gasteiger partial charge in [0, 0.05) is 6.20 Å². The van der Waals surface area contributed by atoms with Crippen LogP contribution in [0, 0.1) is 5.82 Å². The number of carbonyl (C=O) groups excluding carboxylic acids is 1. The Bertz CT molecular complexity index is 627. The highest BCUT2D eigenvalue weighted by Crippen LogP contribution is 2.30. The van der Waals surface area contributed by atoms with Crippen molar-refractivity contribution < 1.29 is 13.9 Å². The number of benzene rings is 1. The average molecular weight is 257 g/mol. The molecule has 3 nitrogen and oxygen atoms in total. The molecular formula is C15H12FNO2. The van der Waals surface area contributed by atoms with Gasteiger partial charge in [0.1, 0.15) is 6.10 Å². The van der Waals surface area contributed by atoms with Gasteiger partial charge >= 0.3 is 0 Å². The molecule has 3 rings (SSSR count). The Kier molecular flexibility index (Phi) is 3.09. The smallest absolute Gasteiger partial charge is 0.199 e. The van der Waals surface area contributed by atoms with E-state index < -0.39 is 11.9 Å². The van der Waals surface area contributed by atoms with Crippen molar-refractivity contribution in [2.24, 2.45) is 0 Å². The Labute approximate surface area is 110 Å². The van der Waals surface area contributed by atoms with Gasteiger partial charge in [-0.25, -0.2) is 4.39 Å². The molecule has 0 bridgehead atoms. The van der Waals surface area contributed by atoms with Crippen molar-refractivity contribution in [3.63, 3.8) is 0 Å². The number of pyridine rings is 1. The quantitative estimate of drug-likeness (QED) is 0.776. The number of carbonyl (C=O) groups is 1. The Hall–Kier alpha value is -2.07. The maximum atomic E-state index is 13.6. The predicted octanol–water partition coefficient (Wildman–Crippen LogP) is 2.72. The van der Waals surface area contributed by atoms with Crippen molar-refractivity contribution in [2.45, 2.75) is 12.5 Å². The fourth-order valence-corrected chi connectivity index (χ4v) is 2.33. The fourth-order valence-electron chi connectivity index (χ4n) is 2.33. The predicted molar refractivity (Wildman–Crippen MR) is 67.4 cm³/mol. The number of halogens is 1. The molecule has 19 heavy (non-hydrogen) atoms. The SMILES string of the molecule is O=C(c1ccncc1F)C1OCCc2ccccc21. The van der Waals surface area contributed by atoms with E-state index in [4.69, 9.17) is 4.74 Å². The molecule has 1 aromatic carbocycles. The molecule has 0 N–H and O–H groups in total. The van der Waals surface area contributed by atoms with Crippen LogP contribution in [0.15, 0.2) is 42.7 Å². The maximum Gasteiger partial charge on any atom is 0.199 e. The highest BCUT2D eigenvalue weighted by atomic mass is 19.1. The van der Waals surface area contributed by atoms with Crippen LogP contribution >= 0.6 is 0 Å². The third-order valence-corrected chi connectivity index (χ3v) is 3.27. The van der Waals surface area contributed by atoms with Gasteiger partial charge in [0.25, 0.3) is 0 Å². The largest absolute Gasteiger partial charge is 0.365 e. The van der Waals surface area contributed by atoms with Crippen LogP contribution in [0.25, 0.3) is 0 Å². The summed E-state index contributed by atoms with van der Waals surface area (Å²) in [4.78, 5) is 16.0. The molecule has 1 aromatic heterocycles. The highest BCUT2D eigenvalue weighted by Gasteiger charge is 2.29. The Morgan fingerprint density at radius 3 is 3.00 bits per heavy atom. The number of hydrogen-bond donors (Lipinski definition) is 0. The number of ketones is 1. The molecule has 0 amide bonds. The number of ether oxygens (including phenoxy) is 1. The number of Topliss-reactive ketones (excluding diaryl/α,β-unsaturated/α-hetero) is 1. The Morgan fingerprint density at radius 1 is 1.32 bits per heavy atom. The van der Waals surface area contributed by atoms with Gasteiger partial charge in [-0.15, -0.1) is 0 Å². The van der Waals surface area contributed by atoms with Crippen LogP contribution in [-0.2, 0) is 11.2 Å². The molecular weight excluding hydrogens is 245 g/mol. The monoisotopic (exact) mass is 257 g/mol. The van der Waals surface area contributed by atoms with Crippen LogP contribution in [0.5, 0.6) is 0 Å². The summed E-state index contributed by atoms with van der Waals surface area (Å²) in [6, 6.07) is 9.00. The van der Waals surface area contributed by atoms with Gasteiger partial charge < -0.3 is 4.74 Å². The second-order valence-electron chi connectivity index (χ2n) is 4.42. The topological polar surface area (TPSA) is 39.2 Å². The van der Waals surface area contributed by atoms with Crippen LogP contribution in [0.4, 0.5) is 4.39 Å². The second-order valence-corrected chi connectivity index (χ2v) is 4.42. The molecule has 1 atom stereocenters. The van der Waals surface area contributed by atoms with Crippen molar-refractivity contribution in [1.29, 1.82) is 0 Å². The highest BCUT2D eigenvalue weighted by molar-refractivity contribution is 6.00. The van der Waals surface area contributed by atoms with E-state index in [2.05, 4.69) is 4.98 Å². The Balaban J connectivity index is 2.00. The first-order valence-corrected chi connectivity index (χ1v) is 6.10. The molecule has 96 valence electrons. The van der Waals surface area contributed by atoms with Crippen LogP contribution < -0.4 is 0 Å².